The van der Waals surface area contributed by atoms with Gasteiger partial charge in [-0.1, -0.05) is 206 Å². The summed E-state index contributed by atoms with van der Waals surface area (Å²) < 4.78 is 14.4. The van der Waals surface area contributed by atoms with Gasteiger partial charge in [-0.2, -0.15) is 0 Å². The number of ether oxygens (including phenoxy) is 2. The number of benzene rings is 7. The smallest absolute Gasteiger partial charge is 0.160 e. The summed E-state index contributed by atoms with van der Waals surface area (Å²) >= 11 is 0. The van der Waals surface area contributed by atoms with Crippen molar-refractivity contribution in [2.75, 3.05) is 0 Å². The minimum Gasteiger partial charge on any atom is -0.460 e. The van der Waals surface area contributed by atoms with E-state index in [-0.39, 0.29) is 5.92 Å². The summed E-state index contributed by atoms with van der Waals surface area (Å²) in [5.41, 5.74) is 11.7. The highest BCUT2D eigenvalue weighted by atomic mass is 16.5. The second-order valence-electron chi connectivity index (χ2n) is 17.0. The molecule has 8 aromatic rings. The van der Waals surface area contributed by atoms with Crippen molar-refractivity contribution >= 4 is 0 Å². The van der Waals surface area contributed by atoms with E-state index in [2.05, 4.69) is 218 Å². The Labute approximate surface area is 374 Å². The number of hydrogen-bond acceptors (Lipinski definition) is 4. The second-order valence-corrected chi connectivity index (χ2v) is 17.0. The molecule has 2 atom stereocenters. The van der Waals surface area contributed by atoms with Crippen molar-refractivity contribution in [2.45, 2.75) is 36.0 Å². The van der Waals surface area contributed by atoms with Crippen molar-refractivity contribution < 1.29 is 9.47 Å². The summed E-state index contributed by atoms with van der Waals surface area (Å²) in [7, 11) is 0. The Balaban J connectivity index is 1.10. The van der Waals surface area contributed by atoms with Crippen molar-refractivity contribution in [1.82, 2.24) is 9.97 Å². The molecule has 0 fully saturated rings. The Kier molecular flexibility index (Phi) is 9.19. The van der Waals surface area contributed by atoms with Crippen LogP contribution in [0.15, 0.2) is 241 Å². The van der Waals surface area contributed by atoms with Crippen LogP contribution >= 0.6 is 0 Å². The fraction of sp³-hybridized carbons (Fsp3) is 0.100. The number of hydrogen-bond donors (Lipinski definition) is 0. The molecule has 1 aromatic heterocycles. The van der Waals surface area contributed by atoms with Crippen molar-refractivity contribution in [3.8, 4) is 39.9 Å². The highest BCUT2D eigenvalue weighted by Gasteiger charge is 2.49. The molecule has 2 aliphatic carbocycles. The molecule has 0 saturated heterocycles. The van der Waals surface area contributed by atoms with Gasteiger partial charge in [-0.3, -0.25) is 0 Å². The topological polar surface area (TPSA) is 44.2 Å². The van der Waals surface area contributed by atoms with Crippen LogP contribution in [0.25, 0.3) is 22.6 Å². The van der Waals surface area contributed by atoms with Gasteiger partial charge in [0.25, 0.3) is 0 Å². The van der Waals surface area contributed by atoms with Gasteiger partial charge in [-0.05, 0) is 60.2 Å². The monoisotopic (exact) mass is 824 g/mol. The molecule has 4 heteroatoms. The predicted molar refractivity (Wildman–Crippen MR) is 256 cm³/mol. The molecule has 0 saturated carbocycles. The number of aromatic nitrogens is 2. The molecular weight excluding hydrogens is 781 g/mol. The quantitative estimate of drug-likeness (QED) is 0.161. The molecule has 0 spiro atoms. The molecule has 0 amide bonds. The third-order valence-corrected chi connectivity index (χ3v) is 13.6. The van der Waals surface area contributed by atoms with Gasteiger partial charge < -0.3 is 9.47 Å². The summed E-state index contributed by atoms with van der Waals surface area (Å²) in [6.45, 7) is 0. The van der Waals surface area contributed by atoms with Gasteiger partial charge in [0.05, 0.1) is 28.1 Å². The minimum atomic E-state index is -0.635. The third-order valence-electron chi connectivity index (χ3n) is 13.6. The van der Waals surface area contributed by atoms with Gasteiger partial charge in [0.2, 0.25) is 0 Å². The van der Waals surface area contributed by atoms with Crippen molar-refractivity contribution in [1.29, 1.82) is 0 Å². The second kappa shape index (κ2) is 15.5. The first-order valence-electron chi connectivity index (χ1n) is 22.3. The molecular formula is C60H44N2O2. The molecule has 2 unspecified atom stereocenters. The maximum Gasteiger partial charge on any atom is 0.160 e. The minimum absolute atomic E-state index is 0.215. The van der Waals surface area contributed by atoms with E-state index in [1.807, 2.05) is 6.07 Å². The molecule has 7 aromatic carbocycles. The van der Waals surface area contributed by atoms with E-state index >= 15 is 0 Å². The Bertz CT molecular complexity index is 3150. The van der Waals surface area contributed by atoms with Gasteiger partial charge in [-0.25, -0.2) is 9.97 Å². The predicted octanol–water partition coefficient (Wildman–Crippen LogP) is 14.3. The van der Waals surface area contributed by atoms with Gasteiger partial charge in [0.15, 0.2) is 5.82 Å². The molecule has 0 N–H and O–H groups in total. The number of allylic oxidation sites excluding steroid dienone is 8. The SMILES string of the molecule is C1=CCCC(C2(c3ccccc3)c3ccccc3Oc3c(-c4cc(C5CC=CC6=C5Oc5ccccc5C6(c5ccccc5)c5ccccc5)nc(-c5ccccc5)n4)cccc32)=C1. The molecule has 64 heavy (non-hydrogen) atoms. The first-order chi connectivity index (χ1) is 31.7. The van der Waals surface area contributed by atoms with Crippen LogP contribution in [0.3, 0.4) is 0 Å². The Morgan fingerprint density at radius 2 is 1.09 bits per heavy atom. The van der Waals surface area contributed by atoms with Crippen LogP contribution in [-0.2, 0) is 10.8 Å². The van der Waals surface area contributed by atoms with E-state index in [0.29, 0.717) is 12.2 Å². The molecule has 0 bridgehead atoms. The average molecular weight is 825 g/mol. The molecule has 3 heterocycles. The van der Waals surface area contributed by atoms with E-state index in [1.165, 1.54) is 22.3 Å². The molecule has 2 aliphatic heterocycles. The molecule has 12 rings (SSSR count). The molecule has 306 valence electrons. The summed E-state index contributed by atoms with van der Waals surface area (Å²) in [6, 6.07) is 68.8. The van der Waals surface area contributed by atoms with Crippen molar-refractivity contribution in [3.05, 3.63) is 280 Å². The van der Waals surface area contributed by atoms with Gasteiger partial charge in [-0.15, -0.1) is 0 Å². The summed E-state index contributed by atoms with van der Waals surface area (Å²) in [5.74, 6) is 3.84. The van der Waals surface area contributed by atoms with Crippen molar-refractivity contribution in [2.24, 2.45) is 0 Å². The van der Waals surface area contributed by atoms with Crippen LogP contribution in [0.1, 0.15) is 64.3 Å². The standard InChI is InChI=1S/C60H44N2O2/c1-6-22-41(23-7-1)58-61-52(46-32-20-36-50-56(46)63-54-38-18-16-34-48(54)59(50,42-24-8-2-9-25-42)43-26-10-3-11-27-43)40-53(62-58)47-33-21-37-51-57(47)64-55-39-19-17-35-49(55)60(51,44-28-12-4-13-29-44)45-30-14-5-15-31-45/h1-14,16-30,33-40,46H,15,31-32H2. The van der Waals surface area contributed by atoms with E-state index < -0.39 is 10.8 Å². The van der Waals surface area contributed by atoms with E-state index in [0.717, 1.165) is 80.6 Å². The molecule has 0 radical (unpaired) electrons. The van der Waals surface area contributed by atoms with Crippen LogP contribution in [0, 0.1) is 0 Å². The zero-order valence-corrected chi connectivity index (χ0v) is 35.3. The average Bonchev–Trinajstić information content (AvgIpc) is 3.38. The lowest BCUT2D eigenvalue weighted by molar-refractivity contribution is 0.342. The Morgan fingerprint density at radius 1 is 0.516 bits per heavy atom. The van der Waals surface area contributed by atoms with Crippen LogP contribution in [0.5, 0.6) is 17.2 Å². The zero-order valence-electron chi connectivity index (χ0n) is 35.3. The molecule has 4 nitrogen and oxygen atoms in total. The maximum absolute atomic E-state index is 7.20. The number of rotatable bonds is 7. The number of fused-ring (bicyclic) bond motifs is 3. The number of para-hydroxylation sites is 3. The van der Waals surface area contributed by atoms with Crippen LogP contribution in [0.4, 0.5) is 0 Å². The van der Waals surface area contributed by atoms with E-state index in [1.54, 1.807) is 0 Å². The van der Waals surface area contributed by atoms with Crippen LogP contribution < -0.4 is 9.47 Å². The first kappa shape index (κ1) is 37.9. The summed E-state index contributed by atoms with van der Waals surface area (Å²) in [4.78, 5) is 10.9. The van der Waals surface area contributed by atoms with Gasteiger partial charge in [0, 0.05) is 33.4 Å². The van der Waals surface area contributed by atoms with Crippen LogP contribution in [0.2, 0.25) is 0 Å². The van der Waals surface area contributed by atoms with E-state index in [9.17, 15) is 0 Å². The molecule has 4 aliphatic rings. The van der Waals surface area contributed by atoms with Crippen LogP contribution in [-0.4, -0.2) is 9.97 Å². The lowest BCUT2D eigenvalue weighted by Gasteiger charge is -2.44. The number of nitrogens with zero attached hydrogens (tertiary/aromatic N) is 2. The normalized spacial score (nSPS) is 18.9. The Hall–Kier alpha value is -7.82. The third kappa shape index (κ3) is 5.83. The fourth-order valence-corrected chi connectivity index (χ4v) is 10.9. The summed E-state index contributed by atoms with van der Waals surface area (Å²) in [6.07, 6.45) is 14.0. The first-order valence-corrected chi connectivity index (χ1v) is 22.3. The van der Waals surface area contributed by atoms with Crippen molar-refractivity contribution in [3.63, 3.8) is 0 Å². The zero-order chi connectivity index (χ0) is 42.5. The largest absolute Gasteiger partial charge is 0.460 e. The highest BCUT2D eigenvalue weighted by molar-refractivity contribution is 5.79. The lowest BCUT2D eigenvalue weighted by Crippen LogP contribution is -2.38. The van der Waals surface area contributed by atoms with E-state index in [4.69, 9.17) is 19.4 Å². The highest BCUT2D eigenvalue weighted by Crippen LogP contribution is 2.60. The van der Waals surface area contributed by atoms with Gasteiger partial charge >= 0.3 is 0 Å². The van der Waals surface area contributed by atoms with Gasteiger partial charge in [0.1, 0.15) is 23.0 Å². The Morgan fingerprint density at radius 3 is 1.75 bits per heavy atom. The fourth-order valence-electron chi connectivity index (χ4n) is 10.9. The maximum atomic E-state index is 7.20. The lowest BCUT2D eigenvalue weighted by atomic mass is 9.61. The summed E-state index contributed by atoms with van der Waals surface area (Å²) in [5, 5.41) is 0.